The molecule has 7 nitrogen and oxygen atoms in total. The van der Waals surface area contributed by atoms with Crippen molar-refractivity contribution in [3.05, 3.63) is 96.1 Å². The number of piperazine rings is 1. The van der Waals surface area contributed by atoms with Crippen molar-refractivity contribution in [2.45, 2.75) is 50.7 Å². The van der Waals surface area contributed by atoms with Gasteiger partial charge in [-0.3, -0.25) is 14.7 Å². The summed E-state index contributed by atoms with van der Waals surface area (Å²) >= 11 is 0. The lowest BCUT2D eigenvalue weighted by Gasteiger charge is -2.47. The Morgan fingerprint density at radius 2 is 1.49 bits per heavy atom. The van der Waals surface area contributed by atoms with Crippen molar-refractivity contribution in [1.29, 1.82) is 0 Å². The average molecular weight is 551 g/mol. The maximum absolute atomic E-state index is 13.5. The molecule has 214 valence electrons. The van der Waals surface area contributed by atoms with Crippen LogP contribution < -0.4 is 17.2 Å². The molecule has 0 aliphatic carbocycles. The Bertz CT molecular complexity index is 1510. The third-order valence-corrected chi connectivity index (χ3v) is 8.22. The van der Waals surface area contributed by atoms with Crippen LogP contribution in [0.25, 0.3) is 21.5 Å². The van der Waals surface area contributed by atoms with E-state index in [2.05, 4.69) is 89.6 Å². The third kappa shape index (κ3) is 7.43. The predicted octanol–water partition coefficient (Wildman–Crippen LogP) is 4.06. The molecular formula is C34H42N6O. The van der Waals surface area contributed by atoms with E-state index in [0.29, 0.717) is 26.1 Å². The number of hydrogen-bond donors (Lipinski definition) is 3. The van der Waals surface area contributed by atoms with Crippen LogP contribution in [0.3, 0.4) is 0 Å². The molecule has 4 aromatic rings. The van der Waals surface area contributed by atoms with Gasteiger partial charge >= 0.3 is 0 Å². The van der Waals surface area contributed by atoms with Crippen molar-refractivity contribution < 1.29 is 4.79 Å². The smallest absolute Gasteiger partial charge is 0.227 e. The van der Waals surface area contributed by atoms with Gasteiger partial charge in [0.05, 0.1) is 6.42 Å². The van der Waals surface area contributed by atoms with Gasteiger partial charge in [0.15, 0.2) is 5.96 Å². The summed E-state index contributed by atoms with van der Waals surface area (Å²) in [5, 5.41) is 4.83. The maximum atomic E-state index is 13.5. The molecule has 0 unspecified atom stereocenters. The highest BCUT2D eigenvalue weighted by molar-refractivity contribution is 5.85. The molecule has 0 radical (unpaired) electrons. The molecule has 3 atom stereocenters. The molecule has 0 saturated carbocycles. The van der Waals surface area contributed by atoms with Crippen molar-refractivity contribution in [2.24, 2.45) is 22.2 Å². The normalized spacial score (nSPS) is 18.4. The SMILES string of the molecule is C[C@H]1CN(C(=O)Cc2ccc3ccccc3c2)C[C@H](CCCN=C(N)N)N1C[C@H](N)Cc1ccc2ccccc2c1. The molecule has 0 bridgehead atoms. The molecule has 5 rings (SSSR count). The van der Waals surface area contributed by atoms with Gasteiger partial charge in [0, 0.05) is 44.3 Å². The standard InChI is InChI=1S/C34H42N6O/c1-24-21-39(33(41)20-26-13-15-28-8-3-5-10-30(28)18-26)23-32(11-6-16-38-34(36)37)40(24)22-31(35)19-25-12-14-27-7-2-4-9-29(27)17-25/h2-5,7-10,12-15,17-18,24,31-32H,6,11,16,19-23,35H2,1H3,(H4,36,37,38)/t24-,31+,32-/m0/s1. The van der Waals surface area contributed by atoms with Gasteiger partial charge in [-0.15, -0.1) is 0 Å². The first-order valence-electron chi connectivity index (χ1n) is 14.7. The molecular weight excluding hydrogens is 508 g/mol. The van der Waals surface area contributed by atoms with Crippen LogP contribution in [-0.4, -0.2) is 66.0 Å². The minimum absolute atomic E-state index is 0.0151. The second-order valence-corrected chi connectivity index (χ2v) is 11.5. The van der Waals surface area contributed by atoms with E-state index in [1.54, 1.807) is 0 Å². The van der Waals surface area contributed by atoms with Crippen LogP contribution in [0, 0.1) is 0 Å². The van der Waals surface area contributed by atoms with Gasteiger partial charge in [-0.25, -0.2) is 0 Å². The Morgan fingerprint density at radius 1 is 0.878 bits per heavy atom. The van der Waals surface area contributed by atoms with E-state index in [1.165, 1.54) is 21.7 Å². The Balaban J connectivity index is 1.26. The van der Waals surface area contributed by atoms with Crippen LogP contribution in [-0.2, 0) is 17.6 Å². The summed E-state index contributed by atoms with van der Waals surface area (Å²) in [4.78, 5) is 22.2. The number of amides is 1. The van der Waals surface area contributed by atoms with Gasteiger partial charge in [-0.05, 0) is 58.9 Å². The maximum Gasteiger partial charge on any atom is 0.227 e. The molecule has 4 aromatic carbocycles. The third-order valence-electron chi connectivity index (χ3n) is 8.22. The number of carbonyl (C=O) groups excluding carboxylic acids is 1. The molecule has 7 heteroatoms. The lowest BCUT2D eigenvalue weighted by Crippen LogP contribution is -2.61. The zero-order valence-electron chi connectivity index (χ0n) is 24.0. The lowest BCUT2D eigenvalue weighted by atomic mass is 9.97. The largest absolute Gasteiger partial charge is 0.370 e. The number of fused-ring (bicyclic) bond motifs is 2. The van der Waals surface area contributed by atoms with Crippen LogP contribution in [0.1, 0.15) is 30.9 Å². The van der Waals surface area contributed by atoms with Crippen molar-refractivity contribution in [2.75, 3.05) is 26.2 Å². The van der Waals surface area contributed by atoms with Gasteiger partial charge in [0.25, 0.3) is 0 Å². The summed E-state index contributed by atoms with van der Waals surface area (Å²) < 4.78 is 0. The molecule has 0 aromatic heterocycles. The zero-order valence-corrected chi connectivity index (χ0v) is 24.0. The quantitative estimate of drug-likeness (QED) is 0.157. The highest BCUT2D eigenvalue weighted by Crippen LogP contribution is 2.23. The highest BCUT2D eigenvalue weighted by Gasteiger charge is 2.34. The van der Waals surface area contributed by atoms with Crippen molar-refractivity contribution >= 4 is 33.4 Å². The van der Waals surface area contributed by atoms with Crippen LogP contribution in [0.15, 0.2) is 89.9 Å². The van der Waals surface area contributed by atoms with E-state index in [-0.39, 0.29) is 30.0 Å². The Labute approximate surface area is 243 Å². The molecule has 1 aliphatic heterocycles. The van der Waals surface area contributed by atoms with E-state index < -0.39 is 0 Å². The summed E-state index contributed by atoms with van der Waals surface area (Å²) in [6, 6.07) is 29.9. The topological polar surface area (TPSA) is 114 Å². The molecule has 0 spiro atoms. The molecule has 1 saturated heterocycles. The van der Waals surface area contributed by atoms with E-state index in [1.807, 2.05) is 17.0 Å². The fraction of sp³-hybridized carbons (Fsp3) is 0.353. The predicted molar refractivity (Wildman–Crippen MR) is 170 cm³/mol. The van der Waals surface area contributed by atoms with Gasteiger partial charge < -0.3 is 22.1 Å². The fourth-order valence-electron chi connectivity index (χ4n) is 6.18. The van der Waals surface area contributed by atoms with Crippen LogP contribution in [0.4, 0.5) is 0 Å². The molecule has 1 amide bonds. The van der Waals surface area contributed by atoms with Gasteiger partial charge in [0.1, 0.15) is 0 Å². The number of guanidine groups is 1. The number of carbonyl (C=O) groups is 1. The van der Waals surface area contributed by atoms with E-state index in [9.17, 15) is 4.79 Å². The van der Waals surface area contributed by atoms with Crippen LogP contribution >= 0.6 is 0 Å². The Morgan fingerprint density at radius 3 is 2.15 bits per heavy atom. The Kier molecular flexibility index (Phi) is 9.17. The van der Waals surface area contributed by atoms with Crippen molar-refractivity contribution in [1.82, 2.24) is 9.80 Å². The first-order valence-corrected chi connectivity index (χ1v) is 14.7. The molecule has 1 heterocycles. The highest BCUT2D eigenvalue weighted by atomic mass is 16.2. The summed E-state index contributed by atoms with van der Waals surface area (Å²) in [6.45, 7) is 4.94. The number of hydrogen-bond acceptors (Lipinski definition) is 4. The summed E-state index contributed by atoms with van der Waals surface area (Å²) in [5.41, 5.74) is 20.2. The van der Waals surface area contributed by atoms with E-state index >= 15 is 0 Å². The lowest BCUT2D eigenvalue weighted by molar-refractivity contribution is -0.135. The first kappa shape index (κ1) is 28.6. The number of nitrogens with two attached hydrogens (primary N) is 3. The number of benzene rings is 4. The van der Waals surface area contributed by atoms with Crippen molar-refractivity contribution in [3.8, 4) is 0 Å². The summed E-state index contributed by atoms with van der Waals surface area (Å²) in [7, 11) is 0. The van der Waals surface area contributed by atoms with Crippen LogP contribution in [0.2, 0.25) is 0 Å². The number of aliphatic imine (C=N–C) groups is 1. The second-order valence-electron chi connectivity index (χ2n) is 11.5. The van der Waals surface area contributed by atoms with E-state index in [0.717, 1.165) is 36.8 Å². The minimum atomic E-state index is -0.0151. The second kappa shape index (κ2) is 13.1. The average Bonchev–Trinajstić information content (AvgIpc) is 2.96. The molecule has 41 heavy (non-hydrogen) atoms. The molecule has 1 aliphatic rings. The fourth-order valence-corrected chi connectivity index (χ4v) is 6.18. The molecule has 6 N–H and O–H groups in total. The van der Waals surface area contributed by atoms with Crippen LogP contribution in [0.5, 0.6) is 0 Å². The van der Waals surface area contributed by atoms with Gasteiger partial charge in [-0.2, -0.15) is 0 Å². The van der Waals surface area contributed by atoms with Gasteiger partial charge in [-0.1, -0.05) is 84.9 Å². The number of nitrogens with zero attached hydrogens (tertiary/aromatic N) is 3. The minimum Gasteiger partial charge on any atom is -0.370 e. The monoisotopic (exact) mass is 550 g/mol. The summed E-state index contributed by atoms with van der Waals surface area (Å²) in [6.07, 6.45) is 2.95. The zero-order chi connectivity index (χ0) is 28.8. The first-order chi connectivity index (χ1) is 19.9. The van der Waals surface area contributed by atoms with Gasteiger partial charge in [0.2, 0.25) is 5.91 Å². The van der Waals surface area contributed by atoms with E-state index in [4.69, 9.17) is 17.2 Å². The summed E-state index contributed by atoms with van der Waals surface area (Å²) in [5.74, 6) is 0.282. The number of rotatable bonds is 10. The Hall–Kier alpha value is -3.94. The molecule has 1 fully saturated rings. The van der Waals surface area contributed by atoms with Crippen molar-refractivity contribution in [3.63, 3.8) is 0 Å².